The van der Waals surface area contributed by atoms with E-state index in [0.29, 0.717) is 4.50 Å². The van der Waals surface area contributed by atoms with Gasteiger partial charge < -0.3 is 0 Å². The zero-order valence-corrected chi connectivity index (χ0v) is 6.88. The molecule has 0 aromatic heterocycles. The van der Waals surface area contributed by atoms with Crippen LogP contribution in [0.2, 0.25) is 6.55 Å². The highest BCUT2D eigenvalue weighted by Gasteiger charge is 2.32. The maximum absolute atomic E-state index is 6.05. The van der Waals surface area contributed by atoms with Gasteiger partial charge in [-0.2, -0.15) is 0 Å². The van der Waals surface area contributed by atoms with Crippen LogP contribution >= 0.6 is 11.6 Å². The molecule has 0 atom stereocenters. The Morgan fingerprint density at radius 2 is 2.14 bits per heavy atom. The molecule has 7 heavy (non-hydrogen) atoms. The van der Waals surface area contributed by atoms with Crippen LogP contribution in [0.5, 0.6) is 0 Å². The summed E-state index contributed by atoms with van der Waals surface area (Å²) in [6.07, 6.45) is 3.99. The molecular weight excluding hydrogens is 124 g/mol. The van der Waals surface area contributed by atoms with Gasteiger partial charge in [-0.1, -0.05) is 13.0 Å². The van der Waals surface area contributed by atoms with E-state index in [9.17, 15) is 0 Å². The zero-order chi connectivity index (χ0) is 5.33. The van der Waals surface area contributed by atoms with Gasteiger partial charge in [-0.25, -0.2) is 0 Å². The average molecular weight is 135 g/mol. The third-order valence-corrected chi connectivity index (χ3v) is 5.04. The van der Waals surface area contributed by atoms with Gasteiger partial charge in [0.15, 0.2) is 0 Å². The van der Waals surface area contributed by atoms with E-state index >= 15 is 0 Å². The van der Waals surface area contributed by atoms with Crippen LogP contribution < -0.4 is 0 Å². The molecule has 0 radical (unpaired) electrons. The van der Waals surface area contributed by atoms with Crippen molar-refractivity contribution in [2.75, 3.05) is 0 Å². The Morgan fingerprint density at radius 3 is 2.14 bits per heavy atom. The molecule has 0 nitrogen and oxygen atoms in total. The Bertz CT molecular complexity index is 63.0. The topological polar surface area (TPSA) is 0 Å². The monoisotopic (exact) mass is 134 g/mol. The van der Waals surface area contributed by atoms with Gasteiger partial charge in [0.25, 0.3) is 0 Å². The van der Waals surface area contributed by atoms with Gasteiger partial charge in [-0.15, -0.1) is 11.6 Å². The predicted molar refractivity (Wildman–Crippen MR) is 36.8 cm³/mol. The molecule has 0 saturated heterocycles. The summed E-state index contributed by atoms with van der Waals surface area (Å²) in [5, 5.41) is 0. The van der Waals surface area contributed by atoms with Gasteiger partial charge in [0.05, 0.1) is 0 Å². The summed E-state index contributed by atoms with van der Waals surface area (Å²) in [6.45, 7) is 2.30. The summed E-state index contributed by atoms with van der Waals surface area (Å²) in [6, 6.07) is 0. The molecule has 1 aliphatic rings. The van der Waals surface area contributed by atoms with E-state index in [0.717, 1.165) is 0 Å². The molecule has 0 aromatic carbocycles. The van der Waals surface area contributed by atoms with Crippen LogP contribution in [-0.4, -0.2) is 14.0 Å². The van der Waals surface area contributed by atoms with Gasteiger partial charge >= 0.3 is 0 Å². The fourth-order valence-electron chi connectivity index (χ4n) is 0.914. The fourth-order valence-corrected chi connectivity index (χ4v) is 2.39. The first kappa shape index (κ1) is 5.64. The standard InChI is InChI=1S/C5H11ClSi/c1-7-5(6)3-2-4-5/h2-4,7H2,1H3. The molecule has 0 amide bonds. The van der Waals surface area contributed by atoms with Crippen molar-refractivity contribution in [1.29, 1.82) is 0 Å². The molecule has 0 aliphatic heterocycles. The Labute approximate surface area is 52.1 Å². The highest BCUT2D eigenvalue weighted by Crippen LogP contribution is 2.36. The van der Waals surface area contributed by atoms with Crippen LogP contribution in [0.15, 0.2) is 0 Å². The van der Waals surface area contributed by atoms with Crippen LogP contribution in [0.25, 0.3) is 0 Å². The normalized spacial score (nSPS) is 28.3. The minimum Gasteiger partial charge on any atom is -0.124 e. The number of hydrogen-bond acceptors (Lipinski definition) is 0. The van der Waals surface area contributed by atoms with E-state index in [1.807, 2.05) is 0 Å². The number of hydrogen-bond donors (Lipinski definition) is 0. The molecule has 1 fully saturated rings. The maximum Gasteiger partial charge on any atom is 0.0426 e. The molecule has 0 heterocycles. The Morgan fingerprint density at radius 1 is 1.57 bits per heavy atom. The van der Waals surface area contributed by atoms with Crippen molar-refractivity contribution in [3.63, 3.8) is 0 Å². The quantitative estimate of drug-likeness (QED) is 0.375. The summed E-state index contributed by atoms with van der Waals surface area (Å²) in [5.41, 5.74) is 0. The van der Waals surface area contributed by atoms with E-state index in [1.54, 1.807) is 0 Å². The third kappa shape index (κ3) is 0.998. The van der Waals surface area contributed by atoms with Crippen molar-refractivity contribution < 1.29 is 0 Å². The first-order chi connectivity index (χ1) is 3.27. The first-order valence-electron chi connectivity index (χ1n) is 2.96. The van der Waals surface area contributed by atoms with E-state index in [1.165, 1.54) is 19.3 Å². The molecule has 0 spiro atoms. The molecule has 2 heteroatoms. The van der Waals surface area contributed by atoms with Crippen LogP contribution in [0.3, 0.4) is 0 Å². The lowest BCUT2D eigenvalue weighted by Crippen LogP contribution is -2.35. The van der Waals surface area contributed by atoms with Crippen molar-refractivity contribution >= 4 is 21.1 Å². The minimum atomic E-state index is 0.0941. The predicted octanol–water partition coefficient (Wildman–Crippen LogP) is 1.32. The zero-order valence-electron chi connectivity index (χ0n) is 4.71. The first-order valence-corrected chi connectivity index (χ1v) is 5.46. The van der Waals surface area contributed by atoms with Crippen LogP contribution in [-0.2, 0) is 0 Å². The van der Waals surface area contributed by atoms with E-state index in [4.69, 9.17) is 11.6 Å². The number of rotatable bonds is 1. The largest absolute Gasteiger partial charge is 0.124 e. The van der Waals surface area contributed by atoms with Crippen LogP contribution in [0.1, 0.15) is 19.3 Å². The smallest absolute Gasteiger partial charge is 0.0426 e. The summed E-state index contributed by atoms with van der Waals surface area (Å²) in [7, 11) is 0.0941. The molecule has 0 unspecified atom stereocenters. The second-order valence-corrected chi connectivity index (χ2v) is 5.67. The Hall–Kier alpha value is 0.507. The van der Waals surface area contributed by atoms with E-state index < -0.39 is 0 Å². The molecule has 1 rings (SSSR count). The fraction of sp³-hybridized carbons (Fsp3) is 1.00. The number of halogens is 1. The van der Waals surface area contributed by atoms with Gasteiger partial charge in [0.2, 0.25) is 0 Å². The van der Waals surface area contributed by atoms with Gasteiger partial charge in [0, 0.05) is 14.0 Å². The van der Waals surface area contributed by atoms with Gasteiger partial charge in [-0.3, -0.25) is 0 Å². The SMILES string of the molecule is C[SiH2]C1(Cl)CCC1. The summed E-state index contributed by atoms with van der Waals surface area (Å²) >= 11 is 6.05. The maximum atomic E-state index is 6.05. The highest BCUT2D eigenvalue weighted by molar-refractivity contribution is 6.56. The molecular formula is C5H11ClSi. The van der Waals surface area contributed by atoms with E-state index in [-0.39, 0.29) is 9.52 Å². The van der Waals surface area contributed by atoms with Gasteiger partial charge in [-0.05, 0) is 12.8 Å². The van der Waals surface area contributed by atoms with Crippen molar-refractivity contribution in [3.05, 3.63) is 0 Å². The van der Waals surface area contributed by atoms with Crippen LogP contribution in [0.4, 0.5) is 0 Å². The summed E-state index contributed by atoms with van der Waals surface area (Å²) in [5.74, 6) is 0. The second-order valence-electron chi connectivity index (χ2n) is 2.36. The summed E-state index contributed by atoms with van der Waals surface area (Å²) < 4.78 is 0.375. The van der Waals surface area contributed by atoms with Gasteiger partial charge in [0.1, 0.15) is 0 Å². The van der Waals surface area contributed by atoms with E-state index in [2.05, 4.69) is 6.55 Å². The molecule has 0 bridgehead atoms. The molecule has 0 aromatic rings. The minimum absolute atomic E-state index is 0.0941. The molecule has 0 N–H and O–H groups in total. The summed E-state index contributed by atoms with van der Waals surface area (Å²) in [4.78, 5) is 0. The van der Waals surface area contributed by atoms with Crippen molar-refractivity contribution in [2.24, 2.45) is 0 Å². The molecule has 42 valence electrons. The molecule has 1 aliphatic carbocycles. The van der Waals surface area contributed by atoms with Crippen molar-refractivity contribution in [2.45, 2.75) is 30.3 Å². The molecule has 1 saturated carbocycles. The average Bonchev–Trinajstić information content (AvgIpc) is 1.61. The lowest BCUT2D eigenvalue weighted by Gasteiger charge is -2.34. The Kier molecular flexibility index (Phi) is 1.44. The third-order valence-electron chi connectivity index (χ3n) is 1.88. The lowest BCUT2D eigenvalue weighted by molar-refractivity contribution is 0.461. The number of alkyl halides is 1. The van der Waals surface area contributed by atoms with Crippen molar-refractivity contribution in [3.8, 4) is 0 Å². The second kappa shape index (κ2) is 1.79. The Balaban J connectivity index is 2.29. The van der Waals surface area contributed by atoms with Crippen LogP contribution in [0, 0.1) is 0 Å². The van der Waals surface area contributed by atoms with Crippen molar-refractivity contribution in [1.82, 2.24) is 0 Å². The lowest BCUT2D eigenvalue weighted by atomic mass is 9.99. The highest BCUT2D eigenvalue weighted by atomic mass is 35.5.